The van der Waals surface area contributed by atoms with E-state index < -0.39 is 0 Å². The van der Waals surface area contributed by atoms with E-state index in [0.29, 0.717) is 11.6 Å². The molecule has 2 aliphatic heterocycles. The smallest absolute Gasteiger partial charge is 0.241 e. The van der Waals surface area contributed by atoms with Gasteiger partial charge in [0, 0.05) is 18.8 Å². The van der Waals surface area contributed by atoms with Crippen molar-refractivity contribution in [3.05, 3.63) is 29.6 Å². The van der Waals surface area contributed by atoms with Gasteiger partial charge in [0.25, 0.3) is 0 Å². The maximum atomic E-state index is 13.4. The first-order valence-corrected chi connectivity index (χ1v) is 9.56. The van der Waals surface area contributed by atoms with Crippen molar-refractivity contribution in [1.29, 1.82) is 0 Å². The van der Waals surface area contributed by atoms with Crippen molar-refractivity contribution in [3.8, 4) is 0 Å². The summed E-state index contributed by atoms with van der Waals surface area (Å²) >= 11 is 0. The molecule has 2 heterocycles. The van der Waals surface area contributed by atoms with Gasteiger partial charge in [-0.1, -0.05) is 12.5 Å². The van der Waals surface area contributed by atoms with Crippen molar-refractivity contribution in [1.82, 2.24) is 9.80 Å². The first-order chi connectivity index (χ1) is 12.0. The number of aryl methyl sites for hydroxylation is 1. The summed E-state index contributed by atoms with van der Waals surface area (Å²) in [7, 11) is 0. The van der Waals surface area contributed by atoms with E-state index in [1.165, 1.54) is 44.5 Å². The Bertz CT molecular complexity index is 601. The van der Waals surface area contributed by atoms with Crippen LogP contribution in [-0.4, -0.2) is 54.5 Å². The lowest BCUT2D eigenvalue weighted by Gasteiger charge is -2.29. The van der Waals surface area contributed by atoms with E-state index in [-0.39, 0.29) is 17.8 Å². The van der Waals surface area contributed by atoms with Crippen LogP contribution in [0.2, 0.25) is 0 Å². The number of halogens is 1. The molecule has 2 aliphatic rings. The van der Waals surface area contributed by atoms with Crippen molar-refractivity contribution in [3.63, 3.8) is 0 Å². The summed E-state index contributed by atoms with van der Waals surface area (Å²) in [5, 5.41) is 2.89. The molecule has 0 aromatic heterocycles. The van der Waals surface area contributed by atoms with E-state index in [1.54, 1.807) is 6.07 Å². The molecular weight excluding hydrogens is 317 g/mol. The maximum Gasteiger partial charge on any atom is 0.241 e. The van der Waals surface area contributed by atoms with Gasteiger partial charge in [0.05, 0.1) is 6.04 Å². The Morgan fingerprint density at radius 2 is 2.04 bits per heavy atom. The van der Waals surface area contributed by atoms with Crippen LogP contribution >= 0.6 is 0 Å². The molecule has 2 fully saturated rings. The third-order valence-electron chi connectivity index (χ3n) is 5.67. The largest absolute Gasteiger partial charge is 0.324 e. The lowest BCUT2D eigenvalue weighted by atomic mass is 10.1. The van der Waals surface area contributed by atoms with Gasteiger partial charge in [-0.25, -0.2) is 4.39 Å². The number of amides is 1. The Morgan fingerprint density at radius 3 is 2.80 bits per heavy atom. The molecule has 1 aromatic rings. The highest BCUT2D eigenvalue weighted by Crippen LogP contribution is 2.23. The van der Waals surface area contributed by atoms with Crippen LogP contribution in [0.15, 0.2) is 18.2 Å². The summed E-state index contributed by atoms with van der Waals surface area (Å²) < 4.78 is 13.4. The van der Waals surface area contributed by atoms with E-state index in [0.717, 1.165) is 31.6 Å². The quantitative estimate of drug-likeness (QED) is 0.888. The van der Waals surface area contributed by atoms with Crippen LogP contribution in [0.4, 0.5) is 10.1 Å². The average molecular weight is 347 g/mol. The number of nitrogens with zero attached hydrogens (tertiary/aromatic N) is 2. The zero-order valence-electron chi connectivity index (χ0n) is 15.4. The second-order valence-corrected chi connectivity index (χ2v) is 7.64. The summed E-state index contributed by atoms with van der Waals surface area (Å²) in [6.45, 7) is 9.39. The second kappa shape index (κ2) is 8.28. The maximum absolute atomic E-state index is 13.4. The predicted octanol–water partition coefficient (Wildman–Crippen LogP) is 3.27. The number of likely N-dealkylation sites (tertiary alicyclic amines) is 2. The Hall–Kier alpha value is -1.46. The van der Waals surface area contributed by atoms with Gasteiger partial charge in [-0.3, -0.25) is 9.69 Å². The van der Waals surface area contributed by atoms with Crippen LogP contribution in [0.3, 0.4) is 0 Å². The molecule has 0 saturated carbocycles. The van der Waals surface area contributed by atoms with Gasteiger partial charge in [0.2, 0.25) is 5.91 Å². The van der Waals surface area contributed by atoms with E-state index in [4.69, 9.17) is 0 Å². The summed E-state index contributed by atoms with van der Waals surface area (Å²) in [5.74, 6) is 0.285. The number of hydrogen-bond acceptors (Lipinski definition) is 3. The van der Waals surface area contributed by atoms with Gasteiger partial charge in [-0.15, -0.1) is 0 Å². The molecular formula is C20H30FN3O. The van der Waals surface area contributed by atoms with Gasteiger partial charge in [0.1, 0.15) is 5.82 Å². The van der Waals surface area contributed by atoms with Crippen molar-refractivity contribution in [2.24, 2.45) is 5.92 Å². The minimum absolute atomic E-state index is 0.0488. The van der Waals surface area contributed by atoms with Crippen LogP contribution in [0.5, 0.6) is 0 Å². The number of rotatable bonds is 5. The number of nitrogens with one attached hydrogen (secondary N) is 1. The van der Waals surface area contributed by atoms with Crippen molar-refractivity contribution >= 4 is 11.6 Å². The molecule has 0 radical (unpaired) electrons. The fraction of sp³-hybridized carbons (Fsp3) is 0.650. The summed E-state index contributed by atoms with van der Waals surface area (Å²) in [6, 6.07) is 4.32. The molecule has 0 aliphatic carbocycles. The minimum atomic E-state index is -0.323. The highest BCUT2D eigenvalue weighted by Gasteiger charge is 2.30. The summed E-state index contributed by atoms with van der Waals surface area (Å²) in [4.78, 5) is 17.4. The van der Waals surface area contributed by atoms with Crippen LogP contribution in [0.25, 0.3) is 0 Å². The normalized spacial score (nSPS) is 23.6. The van der Waals surface area contributed by atoms with Gasteiger partial charge in [-0.05, 0) is 76.4 Å². The minimum Gasteiger partial charge on any atom is -0.324 e. The molecule has 2 atom stereocenters. The third-order valence-corrected chi connectivity index (χ3v) is 5.67. The lowest BCUT2D eigenvalue weighted by Crippen LogP contribution is -2.41. The number of hydrogen-bond donors (Lipinski definition) is 1. The molecule has 0 bridgehead atoms. The fourth-order valence-electron chi connectivity index (χ4n) is 4.00. The molecule has 0 spiro atoms. The lowest BCUT2D eigenvalue weighted by molar-refractivity contribution is -0.120. The Morgan fingerprint density at radius 1 is 1.28 bits per heavy atom. The standard InChI is InChI=1S/C20H30FN3O/c1-15-6-7-18(21)12-19(15)22-20(25)16(2)24-11-8-17(14-24)13-23-9-4-3-5-10-23/h6-7,12,16-17H,3-5,8-11,13-14H2,1-2H3,(H,22,25)/t16-,17+/m0/s1. The molecule has 1 N–H and O–H groups in total. The van der Waals surface area contributed by atoms with Crippen molar-refractivity contribution < 1.29 is 9.18 Å². The SMILES string of the molecule is Cc1ccc(F)cc1NC(=O)[C@H](C)N1CC[C@H](CN2CCCCC2)C1. The van der Waals surface area contributed by atoms with Crippen LogP contribution < -0.4 is 5.32 Å². The molecule has 2 saturated heterocycles. The fourth-order valence-corrected chi connectivity index (χ4v) is 4.00. The molecule has 4 nitrogen and oxygen atoms in total. The number of carbonyl (C=O) groups excluding carboxylic acids is 1. The average Bonchev–Trinajstić information content (AvgIpc) is 3.06. The number of anilines is 1. The molecule has 1 amide bonds. The number of piperidine rings is 1. The Labute approximate surface area is 150 Å². The van der Waals surface area contributed by atoms with Crippen LogP contribution in [0, 0.1) is 18.7 Å². The van der Waals surface area contributed by atoms with E-state index in [2.05, 4.69) is 15.1 Å². The molecule has 138 valence electrons. The zero-order valence-corrected chi connectivity index (χ0v) is 15.4. The van der Waals surface area contributed by atoms with Gasteiger partial charge in [0.15, 0.2) is 0 Å². The third kappa shape index (κ3) is 4.79. The first kappa shape index (κ1) is 18.3. The second-order valence-electron chi connectivity index (χ2n) is 7.64. The van der Waals surface area contributed by atoms with Crippen molar-refractivity contribution in [2.45, 2.75) is 45.6 Å². The Balaban J connectivity index is 1.51. The molecule has 1 aromatic carbocycles. The van der Waals surface area contributed by atoms with Gasteiger partial charge < -0.3 is 10.2 Å². The van der Waals surface area contributed by atoms with E-state index >= 15 is 0 Å². The topological polar surface area (TPSA) is 35.6 Å². The van der Waals surface area contributed by atoms with Crippen molar-refractivity contribution in [2.75, 3.05) is 38.0 Å². The monoisotopic (exact) mass is 347 g/mol. The first-order valence-electron chi connectivity index (χ1n) is 9.56. The molecule has 25 heavy (non-hydrogen) atoms. The number of carbonyl (C=O) groups is 1. The van der Waals surface area contributed by atoms with Gasteiger partial charge >= 0.3 is 0 Å². The molecule has 0 unspecified atom stereocenters. The highest BCUT2D eigenvalue weighted by molar-refractivity contribution is 5.95. The highest BCUT2D eigenvalue weighted by atomic mass is 19.1. The molecule has 3 rings (SSSR count). The molecule has 5 heteroatoms. The van der Waals surface area contributed by atoms with Crippen LogP contribution in [-0.2, 0) is 4.79 Å². The zero-order chi connectivity index (χ0) is 17.8. The van der Waals surface area contributed by atoms with E-state index in [9.17, 15) is 9.18 Å². The van der Waals surface area contributed by atoms with E-state index in [1.807, 2.05) is 13.8 Å². The summed E-state index contributed by atoms with van der Waals surface area (Å²) in [6.07, 6.45) is 5.17. The Kier molecular flexibility index (Phi) is 6.07. The number of benzene rings is 1. The van der Waals surface area contributed by atoms with Gasteiger partial charge in [-0.2, -0.15) is 0 Å². The summed E-state index contributed by atoms with van der Waals surface area (Å²) in [5.41, 5.74) is 1.45. The van der Waals surface area contributed by atoms with Crippen LogP contribution in [0.1, 0.15) is 38.2 Å². The predicted molar refractivity (Wildman–Crippen MR) is 99.2 cm³/mol.